The molecule has 28 heavy (non-hydrogen) atoms. The summed E-state index contributed by atoms with van der Waals surface area (Å²) in [7, 11) is 0. The van der Waals surface area contributed by atoms with Gasteiger partial charge in [0.25, 0.3) is 0 Å². The minimum Gasteiger partial charge on any atom is -0.456 e. The molecule has 4 unspecified atom stereocenters. The number of hydrogen-bond donors (Lipinski definition) is 5. The van der Waals surface area contributed by atoms with Gasteiger partial charge in [-0.15, -0.1) is 0 Å². The van der Waals surface area contributed by atoms with Gasteiger partial charge in [-0.3, -0.25) is 4.79 Å². The van der Waals surface area contributed by atoms with Crippen LogP contribution in [0.5, 0.6) is 0 Å². The van der Waals surface area contributed by atoms with Gasteiger partial charge in [0.1, 0.15) is 22.4 Å². The predicted octanol–water partition coefficient (Wildman–Crippen LogP) is -0.766. The third-order valence-corrected chi connectivity index (χ3v) is 9.56. The van der Waals surface area contributed by atoms with E-state index < -0.39 is 63.1 Å². The van der Waals surface area contributed by atoms with Gasteiger partial charge in [-0.2, -0.15) is 0 Å². The van der Waals surface area contributed by atoms with Gasteiger partial charge >= 0.3 is 5.97 Å². The first-order valence-electron chi connectivity index (χ1n) is 10.1. The molecule has 0 bridgehead atoms. The van der Waals surface area contributed by atoms with Crippen molar-refractivity contribution in [1.82, 2.24) is 0 Å². The Hall–Kier alpha value is -0.770. The Balaban J connectivity index is 1.90. The molecule has 0 aromatic rings. The van der Waals surface area contributed by atoms with Crippen molar-refractivity contribution >= 4 is 5.97 Å². The fourth-order valence-electron chi connectivity index (χ4n) is 8.03. The highest BCUT2D eigenvalue weighted by Gasteiger charge is 3.07. The average Bonchev–Trinajstić information content (AvgIpc) is 3.20. The lowest BCUT2D eigenvalue weighted by Crippen LogP contribution is -2.77. The number of fused-ring (bicyclic) bond motifs is 6. The van der Waals surface area contributed by atoms with Crippen LogP contribution in [0.15, 0.2) is 0 Å². The van der Waals surface area contributed by atoms with E-state index in [1.165, 1.54) is 6.92 Å². The number of hydrogen-bond acceptors (Lipinski definition) is 8. The third kappa shape index (κ3) is 1.24. The number of carbonyl (C=O) groups excluding carboxylic acids is 1. The SMILES string of the molecule is CC1CC[C@@]2(O)C(O)(C1O)C1(O)[C@]3(C)O[C@]3(C(C)C)[C@H]3OC(=O)C[C@]2(C)[C@]31O. The van der Waals surface area contributed by atoms with Crippen LogP contribution in [-0.2, 0) is 14.3 Å². The Bertz CT molecular complexity index is 801. The summed E-state index contributed by atoms with van der Waals surface area (Å²) in [5.74, 6) is -1.34. The average molecular weight is 398 g/mol. The van der Waals surface area contributed by atoms with E-state index in [1.807, 2.05) is 13.8 Å². The largest absolute Gasteiger partial charge is 0.456 e. The Morgan fingerprint density at radius 2 is 1.71 bits per heavy atom. The minimum atomic E-state index is -2.50. The number of aliphatic hydroxyl groups is 5. The summed E-state index contributed by atoms with van der Waals surface area (Å²) >= 11 is 0. The maximum Gasteiger partial charge on any atom is 0.307 e. The molecule has 158 valence electrons. The van der Waals surface area contributed by atoms with Crippen LogP contribution >= 0.6 is 0 Å². The second-order valence-electron chi connectivity index (χ2n) is 10.5. The van der Waals surface area contributed by atoms with Crippen LogP contribution in [0.2, 0.25) is 0 Å². The van der Waals surface area contributed by atoms with Crippen LogP contribution in [0.25, 0.3) is 0 Å². The molecule has 5 aliphatic rings. The number of aliphatic hydroxyl groups excluding tert-OH is 1. The van der Waals surface area contributed by atoms with E-state index in [0.29, 0.717) is 6.42 Å². The molecular weight excluding hydrogens is 368 g/mol. The van der Waals surface area contributed by atoms with Gasteiger partial charge in [0.2, 0.25) is 0 Å². The zero-order valence-electron chi connectivity index (χ0n) is 16.9. The van der Waals surface area contributed by atoms with Crippen molar-refractivity contribution in [2.75, 3.05) is 0 Å². The third-order valence-electron chi connectivity index (χ3n) is 9.56. The second-order valence-corrected chi connectivity index (χ2v) is 10.5. The highest BCUT2D eigenvalue weighted by Crippen LogP contribution is 2.84. The molecule has 5 fully saturated rings. The molecule has 2 aliphatic heterocycles. The highest BCUT2D eigenvalue weighted by molar-refractivity contribution is 5.76. The fourth-order valence-corrected chi connectivity index (χ4v) is 8.03. The van der Waals surface area contributed by atoms with E-state index in [4.69, 9.17) is 9.47 Å². The standard InChI is InChI=1S/C20H30O8/c1-9(2)17-13-19(25)14(4,8-11(21)27-13)16(23)7-6-10(3)12(22)18(16,24)20(19,26)15(17,5)28-17/h9-10,12-13,22-26H,6-8H2,1-5H3/t10?,12?,13-,14+,15-,16+,17-,18?,19-,20?/m1/s1. The molecule has 5 N–H and O–H groups in total. The molecule has 2 heterocycles. The molecule has 8 heteroatoms. The quantitative estimate of drug-likeness (QED) is 0.287. The van der Waals surface area contributed by atoms with Crippen molar-refractivity contribution in [2.45, 2.75) is 99.7 Å². The van der Waals surface area contributed by atoms with Crippen LogP contribution in [0.1, 0.15) is 53.9 Å². The van der Waals surface area contributed by atoms with Crippen molar-refractivity contribution < 1.29 is 39.8 Å². The van der Waals surface area contributed by atoms with Crippen molar-refractivity contribution in [3.8, 4) is 0 Å². The van der Waals surface area contributed by atoms with Gasteiger partial charge in [0.15, 0.2) is 17.3 Å². The van der Waals surface area contributed by atoms with Crippen LogP contribution < -0.4 is 0 Å². The molecule has 3 saturated carbocycles. The predicted molar refractivity (Wildman–Crippen MR) is 93.9 cm³/mol. The molecule has 5 rings (SSSR count). The number of carbonyl (C=O) groups is 1. The van der Waals surface area contributed by atoms with E-state index in [2.05, 4.69) is 0 Å². The van der Waals surface area contributed by atoms with Crippen LogP contribution in [0, 0.1) is 17.3 Å². The molecule has 0 amide bonds. The lowest BCUT2D eigenvalue weighted by Gasteiger charge is -2.56. The van der Waals surface area contributed by atoms with E-state index in [9.17, 15) is 30.3 Å². The Morgan fingerprint density at radius 1 is 1.11 bits per heavy atom. The summed E-state index contributed by atoms with van der Waals surface area (Å²) in [6.07, 6.45) is -2.79. The highest BCUT2D eigenvalue weighted by atomic mass is 16.7. The maximum absolute atomic E-state index is 12.6. The van der Waals surface area contributed by atoms with Crippen LogP contribution in [0.4, 0.5) is 0 Å². The van der Waals surface area contributed by atoms with Crippen molar-refractivity contribution in [3.05, 3.63) is 0 Å². The first-order valence-corrected chi connectivity index (χ1v) is 10.1. The van der Waals surface area contributed by atoms with E-state index >= 15 is 0 Å². The maximum atomic E-state index is 12.6. The summed E-state index contributed by atoms with van der Waals surface area (Å²) in [6.45, 7) is 8.45. The van der Waals surface area contributed by atoms with E-state index in [1.54, 1.807) is 13.8 Å². The zero-order chi connectivity index (χ0) is 20.9. The lowest BCUT2D eigenvalue weighted by atomic mass is 9.55. The Kier molecular flexibility index (Phi) is 3.06. The zero-order valence-corrected chi connectivity index (χ0v) is 16.9. The number of rotatable bonds is 1. The van der Waals surface area contributed by atoms with Gasteiger partial charge < -0.3 is 35.0 Å². The summed E-state index contributed by atoms with van der Waals surface area (Å²) in [6, 6.07) is 0. The van der Waals surface area contributed by atoms with Gasteiger partial charge in [-0.05, 0) is 31.6 Å². The number of epoxide rings is 1. The van der Waals surface area contributed by atoms with Gasteiger partial charge in [0, 0.05) is 5.41 Å². The summed E-state index contributed by atoms with van der Waals surface area (Å²) in [5.41, 5.74) is -13.6. The topological polar surface area (TPSA) is 140 Å². The molecule has 10 atom stereocenters. The molecule has 3 aliphatic carbocycles. The van der Waals surface area contributed by atoms with Gasteiger partial charge in [-0.25, -0.2) is 0 Å². The van der Waals surface area contributed by atoms with Crippen molar-refractivity contribution in [3.63, 3.8) is 0 Å². The first kappa shape index (κ1) is 19.2. The molecule has 0 radical (unpaired) electrons. The minimum absolute atomic E-state index is 0.0214. The lowest BCUT2D eigenvalue weighted by molar-refractivity contribution is -0.314. The molecule has 2 saturated heterocycles. The molecule has 0 aromatic carbocycles. The molecule has 0 aromatic heterocycles. The van der Waals surface area contributed by atoms with Crippen molar-refractivity contribution in [1.29, 1.82) is 0 Å². The van der Waals surface area contributed by atoms with Crippen LogP contribution in [-0.4, -0.2) is 77.3 Å². The Morgan fingerprint density at radius 3 is 2.29 bits per heavy atom. The van der Waals surface area contributed by atoms with E-state index in [0.717, 1.165) is 0 Å². The smallest absolute Gasteiger partial charge is 0.307 e. The molecular formula is C20H30O8. The fraction of sp³-hybridized carbons (Fsp3) is 0.950. The van der Waals surface area contributed by atoms with Gasteiger partial charge in [0.05, 0.1) is 12.5 Å². The molecule has 0 spiro atoms. The molecule has 8 nitrogen and oxygen atoms in total. The summed E-state index contributed by atoms with van der Waals surface area (Å²) in [5, 5.41) is 59.3. The number of ether oxygens (including phenoxy) is 2. The van der Waals surface area contributed by atoms with Gasteiger partial charge in [-0.1, -0.05) is 27.7 Å². The summed E-state index contributed by atoms with van der Waals surface area (Å²) < 4.78 is 11.6. The first-order chi connectivity index (χ1) is 12.7. The normalized spacial score (nSPS) is 67.0. The van der Waals surface area contributed by atoms with E-state index in [-0.39, 0.29) is 18.8 Å². The second kappa shape index (κ2) is 4.45. The monoisotopic (exact) mass is 398 g/mol. The summed E-state index contributed by atoms with van der Waals surface area (Å²) in [4.78, 5) is 12.6. The van der Waals surface area contributed by atoms with Crippen LogP contribution in [0.3, 0.4) is 0 Å². The Labute approximate surface area is 163 Å². The van der Waals surface area contributed by atoms with Crippen molar-refractivity contribution in [2.24, 2.45) is 17.3 Å². The number of esters is 1.